The van der Waals surface area contributed by atoms with Crippen LogP contribution in [-0.4, -0.2) is 39.0 Å². The molecule has 1 N–H and O–H groups in total. The molecule has 0 unspecified atom stereocenters. The standard InChI is InChI=1S/C32H45N3O3/c1-9-10-11-12-13-18-35(25-16-14-24(15-17-25)32(4,5)6)30(28-27(36)21-38-31(28)37)33-29-22(2)19-26(34(7)8)20-23(29)3/h14-17,19-20,33H,9-13,18,21H2,1-8H3. The molecule has 1 aliphatic rings. The van der Waals surface area contributed by atoms with Crippen molar-refractivity contribution in [1.29, 1.82) is 0 Å². The van der Waals surface area contributed by atoms with E-state index in [0.717, 1.165) is 47.5 Å². The number of ketones is 1. The van der Waals surface area contributed by atoms with Gasteiger partial charge in [-0.25, -0.2) is 4.79 Å². The Labute approximate surface area is 229 Å². The summed E-state index contributed by atoms with van der Waals surface area (Å²) in [5, 5.41) is 3.55. The highest BCUT2D eigenvalue weighted by molar-refractivity contribution is 6.23. The van der Waals surface area contributed by atoms with E-state index in [0.29, 0.717) is 12.4 Å². The highest BCUT2D eigenvalue weighted by Crippen LogP contribution is 2.33. The van der Waals surface area contributed by atoms with Crippen molar-refractivity contribution in [2.75, 3.05) is 42.4 Å². The Morgan fingerprint density at radius 1 is 0.921 bits per heavy atom. The van der Waals surface area contributed by atoms with Crippen molar-refractivity contribution >= 4 is 28.8 Å². The number of anilines is 3. The maximum atomic E-state index is 13.0. The smallest absolute Gasteiger partial charge is 0.346 e. The van der Waals surface area contributed by atoms with Gasteiger partial charge in [0, 0.05) is 37.7 Å². The van der Waals surface area contributed by atoms with Gasteiger partial charge in [0.2, 0.25) is 5.78 Å². The van der Waals surface area contributed by atoms with Gasteiger partial charge in [0.1, 0.15) is 11.4 Å². The number of ether oxygens (including phenoxy) is 1. The normalized spacial score (nSPS) is 14.9. The molecule has 2 aromatic carbocycles. The van der Waals surface area contributed by atoms with Crippen molar-refractivity contribution in [1.82, 2.24) is 0 Å². The zero-order chi connectivity index (χ0) is 28.0. The monoisotopic (exact) mass is 519 g/mol. The second-order valence-electron chi connectivity index (χ2n) is 11.6. The van der Waals surface area contributed by atoms with Crippen LogP contribution in [0.5, 0.6) is 0 Å². The Morgan fingerprint density at radius 3 is 2.03 bits per heavy atom. The number of rotatable bonds is 11. The van der Waals surface area contributed by atoms with Crippen LogP contribution in [0.1, 0.15) is 76.5 Å². The number of unbranched alkanes of at least 4 members (excludes halogenated alkanes) is 4. The molecule has 2 aromatic rings. The zero-order valence-corrected chi connectivity index (χ0v) is 24.5. The maximum Gasteiger partial charge on any atom is 0.346 e. The van der Waals surface area contributed by atoms with E-state index in [1.165, 1.54) is 18.4 Å². The second-order valence-corrected chi connectivity index (χ2v) is 11.6. The lowest BCUT2D eigenvalue weighted by Crippen LogP contribution is -2.32. The molecule has 6 heteroatoms. The summed E-state index contributed by atoms with van der Waals surface area (Å²) in [6.45, 7) is 13.3. The van der Waals surface area contributed by atoms with Gasteiger partial charge in [0.05, 0.1) is 0 Å². The number of cyclic esters (lactones) is 1. The number of nitrogens with zero attached hydrogens (tertiary/aromatic N) is 2. The Balaban J connectivity index is 2.12. The van der Waals surface area contributed by atoms with Gasteiger partial charge in [-0.2, -0.15) is 0 Å². The fraction of sp³-hybridized carbons (Fsp3) is 0.500. The van der Waals surface area contributed by atoms with Crippen molar-refractivity contribution in [2.24, 2.45) is 0 Å². The SMILES string of the molecule is CCCCCCCN(C(Nc1c(C)cc(N(C)C)cc1C)=C1C(=O)COC1=O)c1ccc(C(C)(C)C)cc1. The van der Waals surface area contributed by atoms with E-state index in [-0.39, 0.29) is 23.4 Å². The number of aryl methyl sites for hydroxylation is 2. The van der Waals surface area contributed by atoms with Crippen molar-refractivity contribution in [3.8, 4) is 0 Å². The summed E-state index contributed by atoms with van der Waals surface area (Å²) >= 11 is 0. The number of Topliss-reactive ketones (excluding diaryl/α,β-unsaturated/α-hetero) is 1. The summed E-state index contributed by atoms with van der Waals surface area (Å²) in [5.74, 6) is -0.361. The lowest BCUT2D eigenvalue weighted by atomic mass is 9.87. The number of benzene rings is 2. The molecule has 0 bridgehead atoms. The third-order valence-corrected chi connectivity index (χ3v) is 7.13. The molecule has 0 atom stereocenters. The van der Waals surface area contributed by atoms with Crippen molar-refractivity contribution in [3.05, 3.63) is 64.5 Å². The molecule has 3 rings (SSSR count). The summed E-state index contributed by atoms with van der Waals surface area (Å²) < 4.78 is 5.20. The molecule has 206 valence electrons. The van der Waals surface area contributed by atoms with Gasteiger partial charge < -0.3 is 19.9 Å². The quantitative estimate of drug-likeness (QED) is 0.151. The molecule has 1 aliphatic heterocycles. The Kier molecular flexibility index (Phi) is 9.64. The first-order valence-electron chi connectivity index (χ1n) is 13.8. The average molecular weight is 520 g/mol. The first kappa shape index (κ1) is 29.3. The molecule has 0 saturated carbocycles. The highest BCUT2D eigenvalue weighted by Gasteiger charge is 2.35. The first-order valence-corrected chi connectivity index (χ1v) is 13.8. The minimum atomic E-state index is -0.569. The number of carbonyl (C=O) groups excluding carboxylic acids is 2. The van der Waals surface area contributed by atoms with Gasteiger partial charge in [0.25, 0.3) is 0 Å². The number of nitrogens with one attached hydrogen (secondary N) is 1. The fourth-order valence-electron chi connectivity index (χ4n) is 4.78. The molecule has 0 radical (unpaired) electrons. The molecule has 1 fully saturated rings. The molecule has 0 amide bonds. The number of hydrogen-bond donors (Lipinski definition) is 1. The van der Waals surface area contributed by atoms with E-state index in [9.17, 15) is 9.59 Å². The number of hydrogen-bond acceptors (Lipinski definition) is 6. The highest BCUT2D eigenvalue weighted by atomic mass is 16.5. The summed E-state index contributed by atoms with van der Waals surface area (Å²) in [7, 11) is 4.03. The lowest BCUT2D eigenvalue weighted by molar-refractivity contribution is -0.135. The predicted octanol–water partition coefficient (Wildman–Crippen LogP) is 6.89. The Bertz CT molecular complexity index is 1130. The lowest BCUT2D eigenvalue weighted by Gasteiger charge is -2.31. The molecule has 1 heterocycles. The summed E-state index contributed by atoms with van der Waals surface area (Å²) in [5.41, 5.74) is 6.36. The van der Waals surface area contributed by atoms with Crippen LogP contribution < -0.4 is 15.1 Å². The van der Waals surface area contributed by atoms with Crippen LogP contribution in [0.15, 0.2) is 47.8 Å². The molecular weight excluding hydrogens is 474 g/mol. The van der Waals surface area contributed by atoms with E-state index >= 15 is 0 Å². The minimum absolute atomic E-state index is 0.0245. The first-order chi connectivity index (χ1) is 17.9. The van der Waals surface area contributed by atoms with Crippen LogP contribution in [0.2, 0.25) is 0 Å². The van der Waals surface area contributed by atoms with Gasteiger partial charge in [-0.1, -0.05) is 65.5 Å². The van der Waals surface area contributed by atoms with Gasteiger partial charge in [-0.05, 0) is 66.6 Å². The Hall–Kier alpha value is -3.28. The molecule has 1 saturated heterocycles. The van der Waals surface area contributed by atoms with Crippen LogP contribution in [0, 0.1) is 13.8 Å². The van der Waals surface area contributed by atoms with Crippen LogP contribution in [0.25, 0.3) is 0 Å². The van der Waals surface area contributed by atoms with E-state index in [2.05, 4.69) is 79.2 Å². The zero-order valence-electron chi connectivity index (χ0n) is 24.5. The molecule has 6 nitrogen and oxygen atoms in total. The van der Waals surface area contributed by atoms with Crippen molar-refractivity contribution in [3.63, 3.8) is 0 Å². The van der Waals surface area contributed by atoms with Crippen LogP contribution in [0.3, 0.4) is 0 Å². The third-order valence-electron chi connectivity index (χ3n) is 7.13. The molecule has 38 heavy (non-hydrogen) atoms. The Morgan fingerprint density at radius 2 is 1.53 bits per heavy atom. The number of esters is 1. The molecule has 0 spiro atoms. The molecule has 0 aromatic heterocycles. The van der Waals surface area contributed by atoms with Gasteiger partial charge >= 0.3 is 5.97 Å². The topological polar surface area (TPSA) is 61.9 Å². The molecular formula is C32H45N3O3. The van der Waals surface area contributed by atoms with E-state index in [4.69, 9.17) is 4.74 Å². The van der Waals surface area contributed by atoms with E-state index in [1.54, 1.807) is 0 Å². The maximum absolute atomic E-state index is 13.0. The van der Waals surface area contributed by atoms with Crippen LogP contribution in [0.4, 0.5) is 17.1 Å². The number of carbonyl (C=O) groups is 2. The van der Waals surface area contributed by atoms with Crippen LogP contribution >= 0.6 is 0 Å². The van der Waals surface area contributed by atoms with Crippen molar-refractivity contribution in [2.45, 2.75) is 79.1 Å². The van der Waals surface area contributed by atoms with E-state index < -0.39 is 5.97 Å². The minimum Gasteiger partial charge on any atom is -0.453 e. The predicted molar refractivity (Wildman–Crippen MR) is 158 cm³/mol. The second kappa shape index (κ2) is 12.5. The summed E-state index contributed by atoms with van der Waals surface area (Å²) in [6.07, 6.45) is 5.57. The summed E-state index contributed by atoms with van der Waals surface area (Å²) in [6, 6.07) is 12.7. The largest absolute Gasteiger partial charge is 0.453 e. The van der Waals surface area contributed by atoms with Gasteiger partial charge in [0.15, 0.2) is 6.61 Å². The van der Waals surface area contributed by atoms with Crippen LogP contribution in [-0.2, 0) is 19.7 Å². The summed E-state index contributed by atoms with van der Waals surface area (Å²) in [4.78, 5) is 30.0. The van der Waals surface area contributed by atoms with Crippen molar-refractivity contribution < 1.29 is 14.3 Å². The fourth-order valence-corrected chi connectivity index (χ4v) is 4.78. The van der Waals surface area contributed by atoms with Gasteiger partial charge in [-0.15, -0.1) is 0 Å². The molecule has 0 aliphatic carbocycles. The van der Waals surface area contributed by atoms with E-state index in [1.807, 2.05) is 27.9 Å². The average Bonchev–Trinajstić information content (AvgIpc) is 3.19. The van der Waals surface area contributed by atoms with Gasteiger partial charge in [-0.3, -0.25) is 4.79 Å². The third kappa shape index (κ3) is 6.97.